The Kier molecular flexibility index (Phi) is 2.94. The van der Waals surface area contributed by atoms with Crippen molar-refractivity contribution in [1.82, 2.24) is 4.90 Å². The summed E-state index contributed by atoms with van der Waals surface area (Å²) in [5.74, 6) is 1.77. The van der Waals surface area contributed by atoms with E-state index in [1.807, 2.05) is 5.92 Å². The van der Waals surface area contributed by atoms with E-state index in [0.29, 0.717) is 5.76 Å². The Balaban J connectivity index is 1.97. The molecule has 0 spiro atoms. The molecule has 0 radical (unpaired) electrons. The molecule has 1 fully saturated rings. The first-order valence-corrected chi connectivity index (χ1v) is 6.74. The van der Waals surface area contributed by atoms with Gasteiger partial charge in [-0.1, -0.05) is 0 Å². The van der Waals surface area contributed by atoms with Gasteiger partial charge in [0.05, 0.1) is 11.5 Å². The predicted octanol–water partition coefficient (Wildman–Crippen LogP) is 0.0384. The van der Waals surface area contributed by atoms with Crippen LogP contribution in [-0.4, -0.2) is 37.6 Å². The summed E-state index contributed by atoms with van der Waals surface area (Å²) in [6.07, 6.45) is 6.37. The highest BCUT2D eigenvalue weighted by Crippen LogP contribution is 2.20. The van der Waals surface area contributed by atoms with Crippen LogP contribution in [0.25, 0.3) is 0 Å². The number of furan rings is 1. The van der Waals surface area contributed by atoms with E-state index in [9.17, 15) is 13.2 Å². The Labute approximate surface area is 99.3 Å². The monoisotopic (exact) mass is 253 g/mol. The molecule has 0 aliphatic carbocycles. The predicted molar refractivity (Wildman–Crippen MR) is 60.5 cm³/mol. The lowest BCUT2D eigenvalue weighted by molar-refractivity contribution is -0.128. The molecule has 0 aromatic carbocycles. The number of likely N-dealkylation sites (tertiary alicyclic amines) is 1. The van der Waals surface area contributed by atoms with Crippen LogP contribution in [0.15, 0.2) is 22.8 Å². The van der Waals surface area contributed by atoms with E-state index in [0.717, 1.165) is 0 Å². The van der Waals surface area contributed by atoms with Gasteiger partial charge in [0, 0.05) is 13.1 Å². The van der Waals surface area contributed by atoms with Crippen LogP contribution < -0.4 is 0 Å². The van der Waals surface area contributed by atoms with Gasteiger partial charge in [-0.2, -0.15) is 0 Å². The molecule has 17 heavy (non-hydrogen) atoms. The van der Waals surface area contributed by atoms with Crippen LogP contribution in [-0.2, 0) is 20.4 Å². The fraction of sp³-hybridized carbons (Fsp3) is 0.364. The summed E-state index contributed by atoms with van der Waals surface area (Å²) in [6.45, 7) is 0.345. The summed E-state index contributed by atoms with van der Waals surface area (Å²) in [5, 5.41) is -0.537. The average Bonchev–Trinajstić information content (AvgIpc) is 2.66. The van der Waals surface area contributed by atoms with Crippen LogP contribution in [0.5, 0.6) is 0 Å². The normalized spacial score (nSPS) is 16.3. The maximum Gasteiger partial charge on any atom is 0.298 e. The zero-order valence-electron chi connectivity index (χ0n) is 9.00. The Hall–Kier alpha value is -1.74. The first-order chi connectivity index (χ1) is 8.03. The molecule has 5 nitrogen and oxygen atoms in total. The number of sulfone groups is 1. The van der Waals surface area contributed by atoms with Crippen LogP contribution in [0.1, 0.15) is 5.76 Å². The van der Waals surface area contributed by atoms with Crippen molar-refractivity contribution in [2.24, 2.45) is 0 Å². The second-order valence-corrected chi connectivity index (χ2v) is 6.14. The molecule has 0 atom stereocenters. The summed E-state index contributed by atoms with van der Waals surface area (Å²) in [5.41, 5.74) is 0. The zero-order chi connectivity index (χ0) is 12.5. The first kappa shape index (κ1) is 11.7. The molecule has 0 unspecified atom stereocenters. The number of hydrogen-bond donors (Lipinski definition) is 0. The van der Waals surface area contributed by atoms with Crippen molar-refractivity contribution < 1.29 is 17.6 Å². The smallest absolute Gasteiger partial charge is 0.298 e. The average molecular weight is 253 g/mol. The lowest BCUT2D eigenvalue weighted by Crippen LogP contribution is -2.56. The number of rotatable bonds is 3. The van der Waals surface area contributed by atoms with E-state index in [-0.39, 0.29) is 18.8 Å². The van der Waals surface area contributed by atoms with Crippen LogP contribution >= 0.6 is 0 Å². The maximum atomic E-state index is 11.9. The fourth-order valence-corrected chi connectivity index (χ4v) is 3.24. The third-order valence-electron chi connectivity index (χ3n) is 2.69. The largest absolute Gasteiger partial charge is 0.468 e. The quantitative estimate of drug-likeness (QED) is 0.713. The molecule has 90 valence electrons. The van der Waals surface area contributed by atoms with Crippen molar-refractivity contribution in [3.8, 4) is 12.3 Å². The minimum atomic E-state index is -3.28. The maximum absolute atomic E-state index is 11.9. The fourth-order valence-electron chi connectivity index (χ4n) is 1.63. The van der Waals surface area contributed by atoms with Crippen molar-refractivity contribution in [2.45, 2.75) is 11.0 Å². The molecular formula is C11H11NO4S. The summed E-state index contributed by atoms with van der Waals surface area (Å²) in [6, 6.07) is 3.25. The summed E-state index contributed by atoms with van der Waals surface area (Å²) in [7, 11) is -3.28. The molecule has 1 amide bonds. The molecule has 0 bridgehead atoms. The molecule has 2 heterocycles. The minimum Gasteiger partial charge on any atom is -0.468 e. The topological polar surface area (TPSA) is 67.6 Å². The van der Waals surface area contributed by atoms with Crippen LogP contribution in [0.3, 0.4) is 0 Å². The van der Waals surface area contributed by atoms with Gasteiger partial charge in [-0.15, -0.1) is 6.42 Å². The molecule has 1 aromatic rings. The van der Waals surface area contributed by atoms with E-state index in [1.165, 1.54) is 11.2 Å². The van der Waals surface area contributed by atoms with Crippen molar-refractivity contribution in [3.05, 3.63) is 24.2 Å². The molecular weight excluding hydrogens is 242 g/mol. The van der Waals surface area contributed by atoms with E-state index in [2.05, 4.69) is 0 Å². The molecule has 1 aromatic heterocycles. The Morgan fingerprint density at radius 1 is 1.59 bits per heavy atom. The Bertz CT molecular complexity index is 547. The van der Waals surface area contributed by atoms with E-state index >= 15 is 0 Å². The number of hydrogen-bond acceptors (Lipinski definition) is 4. The SMILES string of the molecule is C#CC(=O)N1CC(S(=O)(=O)Cc2ccco2)C1. The molecule has 1 saturated heterocycles. The third-order valence-corrected chi connectivity index (χ3v) is 4.69. The summed E-state index contributed by atoms with van der Waals surface area (Å²) >= 11 is 0. The van der Waals surface area contributed by atoms with E-state index in [4.69, 9.17) is 10.8 Å². The van der Waals surface area contributed by atoms with E-state index in [1.54, 1.807) is 12.1 Å². The zero-order valence-corrected chi connectivity index (χ0v) is 9.81. The molecule has 1 aliphatic rings. The van der Waals surface area contributed by atoms with Gasteiger partial charge in [0.1, 0.15) is 11.5 Å². The van der Waals surface area contributed by atoms with Crippen molar-refractivity contribution in [2.75, 3.05) is 13.1 Å². The Morgan fingerprint density at radius 3 is 2.82 bits per heavy atom. The van der Waals surface area contributed by atoms with Crippen LogP contribution in [0.2, 0.25) is 0 Å². The van der Waals surface area contributed by atoms with Gasteiger partial charge in [-0.3, -0.25) is 4.79 Å². The second-order valence-electron chi connectivity index (χ2n) is 3.86. The molecule has 1 aliphatic heterocycles. The summed E-state index contributed by atoms with van der Waals surface area (Å²) < 4.78 is 28.8. The highest BCUT2D eigenvalue weighted by molar-refractivity contribution is 7.91. The van der Waals surface area contributed by atoms with Gasteiger partial charge in [-0.05, 0) is 18.1 Å². The lowest BCUT2D eigenvalue weighted by Gasteiger charge is -2.37. The highest BCUT2D eigenvalue weighted by Gasteiger charge is 2.39. The number of amides is 1. The summed E-state index contributed by atoms with van der Waals surface area (Å²) in [4.78, 5) is 12.4. The van der Waals surface area contributed by atoms with Gasteiger partial charge in [-0.25, -0.2) is 8.42 Å². The number of carbonyl (C=O) groups excluding carboxylic acids is 1. The lowest BCUT2D eigenvalue weighted by atomic mass is 10.2. The van der Waals surface area contributed by atoms with Gasteiger partial charge in [0.15, 0.2) is 9.84 Å². The van der Waals surface area contributed by atoms with Gasteiger partial charge < -0.3 is 9.32 Å². The first-order valence-electron chi connectivity index (χ1n) is 5.02. The highest BCUT2D eigenvalue weighted by atomic mass is 32.2. The van der Waals surface area contributed by atoms with Crippen molar-refractivity contribution in [1.29, 1.82) is 0 Å². The van der Waals surface area contributed by atoms with Crippen LogP contribution in [0.4, 0.5) is 0 Å². The van der Waals surface area contributed by atoms with Crippen molar-refractivity contribution in [3.63, 3.8) is 0 Å². The minimum absolute atomic E-state index is 0.136. The third kappa shape index (κ3) is 2.34. The standard InChI is InChI=1S/C11H11NO4S/c1-2-11(13)12-6-10(7-12)17(14,15)8-9-4-3-5-16-9/h1,3-5,10H,6-8H2. The number of terminal acetylenes is 1. The van der Waals surface area contributed by atoms with Gasteiger partial charge >= 0.3 is 0 Å². The molecule has 6 heteroatoms. The molecule has 0 saturated carbocycles. The van der Waals surface area contributed by atoms with Gasteiger partial charge in [0.2, 0.25) is 0 Å². The number of carbonyl (C=O) groups is 1. The second kappa shape index (κ2) is 4.26. The van der Waals surface area contributed by atoms with Crippen molar-refractivity contribution >= 4 is 15.7 Å². The molecule has 2 rings (SSSR count). The van der Waals surface area contributed by atoms with Gasteiger partial charge in [0.25, 0.3) is 5.91 Å². The number of nitrogens with zero attached hydrogens (tertiary/aromatic N) is 1. The molecule has 0 N–H and O–H groups in total. The Morgan fingerprint density at radius 2 is 2.29 bits per heavy atom. The van der Waals surface area contributed by atoms with E-state index < -0.39 is 21.0 Å². The van der Waals surface area contributed by atoms with Crippen LogP contribution in [0, 0.1) is 12.3 Å².